The fourth-order valence-electron chi connectivity index (χ4n) is 0.922. The highest BCUT2D eigenvalue weighted by atomic mass is 35.5. The van der Waals surface area contributed by atoms with Crippen LogP contribution in [0.4, 0.5) is 0 Å². The van der Waals surface area contributed by atoms with E-state index in [0.717, 1.165) is 31.1 Å². The summed E-state index contributed by atoms with van der Waals surface area (Å²) in [7, 11) is 1.81. The van der Waals surface area contributed by atoms with Gasteiger partial charge in [-0.05, 0) is 12.1 Å². The van der Waals surface area contributed by atoms with Crippen molar-refractivity contribution in [3.63, 3.8) is 0 Å². The lowest BCUT2D eigenvalue weighted by Crippen LogP contribution is -1.98. The third-order valence-electron chi connectivity index (χ3n) is 1.55. The van der Waals surface area contributed by atoms with Crippen LogP contribution in [0.1, 0.15) is 12.8 Å². The minimum Gasteiger partial charge on any atom is -0.106 e. The van der Waals surface area contributed by atoms with Crippen LogP contribution in [0, 0.1) is 0 Å². The van der Waals surface area contributed by atoms with E-state index in [2.05, 4.69) is 0 Å². The van der Waals surface area contributed by atoms with Crippen LogP contribution < -0.4 is 0 Å². The van der Waals surface area contributed by atoms with E-state index in [9.17, 15) is 0 Å². The Kier molecular flexibility index (Phi) is 12.4. The van der Waals surface area contributed by atoms with Gasteiger partial charge in [-0.25, -0.2) is 0 Å². The normalized spacial score (nSPS) is 11.6. The molecule has 0 aromatic rings. The van der Waals surface area contributed by atoms with E-state index in [1.807, 2.05) is 0 Å². The Morgan fingerprint density at radius 2 is 1.07 bits per heavy atom. The second kappa shape index (κ2) is 11.1. The zero-order valence-corrected chi connectivity index (χ0v) is 12.9. The highest BCUT2D eigenvalue weighted by Crippen LogP contribution is 2.11. The molecule has 0 spiro atoms. The molecule has 0 saturated heterocycles. The van der Waals surface area contributed by atoms with Gasteiger partial charge in [0.2, 0.25) is 0 Å². The van der Waals surface area contributed by atoms with Crippen LogP contribution in [0.5, 0.6) is 0 Å². The average Bonchev–Trinajstić information content (AvgIpc) is 2.08. The first-order valence-corrected chi connectivity index (χ1v) is 9.18. The second-order valence-electron chi connectivity index (χ2n) is 2.90. The molecule has 0 N–H and O–H groups in total. The lowest BCUT2D eigenvalue weighted by atomic mass is 10.4. The topological polar surface area (TPSA) is 0 Å². The summed E-state index contributed by atoms with van der Waals surface area (Å²) in [6.45, 7) is 0. The average molecular weight is 308 g/mol. The molecule has 0 heterocycles. The van der Waals surface area contributed by atoms with Crippen molar-refractivity contribution >= 4 is 65.4 Å². The number of halogens is 4. The molecule has 0 aliphatic carbocycles. The standard InChI is InChI=1S/C8H14Cl4Si2/c9-7(10)5-13-3-1-2-4-14-6-8(11)12/h7-8H,1-6H2. The molecule has 0 unspecified atom stereocenters. The lowest BCUT2D eigenvalue weighted by Gasteiger charge is -2.01. The van der Waals surface area contributed by atoms with E-state index in [0.29, 0.717) is 0 Å². The molecule has 4 radical (unpaired) electrons. The maximum Gasteiger partial charge on any atom is 0.105 e. The molecule has 14 heavy (non-hydrogen) atoms. The van der Waals surface area contributed by atoms with Crippen LogP contribution in [-0.4, -0.2) is 28.7 Å². The van der Waals surface area contributed by atoms with Gasteiger partial charge in [-0.1, -0.05) is 24.9 Å². The van der Waals surface area contributed by atoms with Gasteiger partial charge in [0.1, 0.15) is 9.67 Å². The number of hydrogen-bond donors (Lipinski definition) is 0. The van der Waals surface area contributed by atoms with Gasteiger partial charge in [0.25, 0.3) is 0 Å². The summed E-state index contributed by atoms with van der Waals surface area (Å²) in [6.07, 6.45) is 2.56. The molecule has 0 aliphatic heterocycles. The molecule has 0 aromatic carbocycles. The Morgan fingerprint density at radius 1 is 0.714 bits per heavy atom. The molecule has 0 amide bonds. The van der Waals surface area contributed by atoms with Crippen molar-refractivity contribution in [2.75, 3.05) is 0 Å². The molecule has 0 bridgehead atoms. The smallest absolute Gasteiger partial charge is 0.105 e. The minimum atomic E-state index is -0.177. The Morgan fingerprint density at radius 3 is 1.36 bits per heavy atom. The van der Waals surface area contributed by atoms with E-state index >= 15 is 0 Å². The fourth-order valence-corrected chi connectivity index (χ4v) is 4.08. The largest absolute Gasteiger partial charge is 0.106 e. The van der Waals surface area contributed by atoms with Crippen molar-refractivity contribution in [2.24, 2.45) is 0 Å². The van der Waals surface area contributed by atoms with Crippen LogP contribution in [0.15, 0.2) is 0 Å². The first kappa shape index (κ1) is 15.6. The van der Waals surface area contributed by atoms with Gasteiger partial charge in [-0.3, -0.25) is 0 Å². The number of rotatable bonds is 9. The van der Waals surface area contributed by atoms with Crippen molar-refractivity contribution in [1.29, 1.82) is 0 Å². The molecule has 0 fully saturated rings. The molecule has 0 aliphatic rings. The summed E-state index contributed by atoms with van der Waals surface area (Å²) in [5, 5.41) is 0. The van der Waals surface area contributed by atoms with Crippen molar-refractivity contribution in [3.05, 3.63) is 0 Å². The monoisotopic (exact) mass is 306 g/mol. The molecule has 82 valence electrons. The van der Waals surface area contributed by atoms with E-state index in [4.69, 9.17) is 46.4 Å². The summed E-state index contributed by atoms with van der Waals surface area (Å²) in [6, 6.07) is 4.39. The maximum atomic E-state index is 5.62. The van der Waals surface area contributed by atoms with Gasteiger partial charge >= 0.3 is 0 Å². The van der Waals surface area contributed by atoms with Crippen LogP contribution in [0.2, 0.25) is 24.2 Å². The van der Waals surface area contributed by atoms with Gasteiger partial charge in [-0.15, -0.1) is 46.4 Å². The molecular formula is C8H14Cl4Si2. The predicted molar refractivity (Wildman–Crippen MR) is 71.0 cm³/mol. The van der Waals surface area contributed by atoms with E-state index in [1.165, 1.54) is 24.9 Å². The first-order valence-electron chi connectivity index (χ1n) is 4.60. The molecular weight excluding hydrogens is 294 g/mol. The Labute approximate surface area is 112 Å². The number of alkyl halides is 4. The third kappa shape index (κ3) is 13.6. The summed E-state index contributed by atoms with van der Waals surface area (Å²) >= 11 is 22.5. The van der Waals surface area contributed by atoms with Gasteiger partial charge in [0.05, 0.1) is 0 Å². The Bertz CT molecular complexity index is 108. The van der Waals surface area contributed by atoms with E-state index in [1.54, 1.807) is 0 Å². The quantitative estimate of drug-likeness (QED) is 0.335. The predicted octanol–water partition coefficient (Wildman–Crippen LogP) is 4.46. The summed E-state index contributed by atoms with van der Waals surface area (Å²) in [4.78, 5) is -0.355. The van der Waals surface area contributed by atoms with Crippen LogP contribution >= 0.6 is 46.4 Å². The highest BCUT2D eigenvalue weighted by Gasteiger charge is 2.00. The molecule has 0 nitrogen and oxygen atoms in total. The molecule has 0 saturated carbocycles. The molecule has 6 heteroatoms. The van der Waals surface area contributed by atoms with Crippen LogP contribution in [-0.2, 0) is 0 Å². The van der Waals surface area contributed by atoms with Crippen molar-refractivity contribution in [3.8, 4) is 0 Å². The van der Waals surface area contributed by atoms with Gasteiger partial charge in [0.15, 0.2) is 0 Å². The molecule has 0 rings (SSSR count). The molecule has 0 aromatic heterocycles. The second-order valence-corrected chi connectivity index (χ2v) is 8.27. The van der Waals surface area contributed by atoms with Crippen molar-refractivity contribution < 1.29 is 0 Å². The Hall–Kier alpha value is 1.59. The summed E-state index contributed by atoms with van der Waals surface area (Å²) < 4.78 is 0. The van der Waals surface area contributed by atoms with E-state index in [-0.39, 0.29) is 9.67 Å². The van der Waals surface area contributed by atoms with Crippen LogP contribution in [0.25, 0.3) is 0 Å². The van der Waals surface area contributed by atoms with Gasteiger partial charge in [-0.2, -0.15) is 0 Å². The fraction of sp³-hybridized carbons (Fsp3) is 1.00. The number of hydrogen-bond acceptors (Lipinski definition) is 0. The third-order valence-corrected chi connectivity index (χ3v) is 6.01. The lowest BCUT2D eigenvalue weighted by molar-refractivity contribution is 0.869. The van der Waals surface area contributed by atoms with Crippen LogP contribution in [0.3, 0.4) is 0 Å². The SMILES string of the molecule is ClC(Cl)C[Si]CCCC[Si]CC(Cl)Cl. The van der Waals surface area contributed by atoms with E-state index < -0.39 is 0 Å². The Balaban J connectivity index is 2.92. The minimum absolute atomic E-state index is 0.177. The van der Waals surface area contributed by atoms with Gasteiger partial charge < -0.3 is 0 Å². The summed E-state index contributed by atoms with van der Waals surface area (Å²) in [5.74, 6) is 0. The number of unbranched alkanes of at least 4 members (excludes halogenated alkanes) is 1. The highest BCUT2D eigenvalue weighted by molar-refractivity contribution is 6.50. The molecule has 0 atom stereocenters. The van der Waals surface area contributed by atoms with Gasteiger partial charge in [0, 0.05) is 19.0 Å². The zero-order chi connectivity index (χ0) is 10.8. The van der Waals surface area contributed by atoms with Crippen molar-refractivity contribution in [1.82, 2.24) is 0 Å². The summed E-state index contributed by atoms with van der Waals surface area (Å²) in [5.41, 5.74) is 0. The maximum absolute atomic E-state index is 5.62. The first-order chi connectivity index (χ1) is 6.63. The van der Waals surface area contributed by atoms with Crippen molar-refractivity contribution in [2.45, 2.75) is 46.7 Å². The zero-order valence-electron chi connectivity index (χ0n) is 7.91.